The number of hydrogen-bond donors (Lipinski definition) is 1. The summed E-state index contributed by atoms with van der Waals surface area (Å²) in [7, 11) is -1.63. The Morgan fingerprint density at radius 1 is 1.14 bits per heavy atom. The summed E-state index contributed by atoms with van der Waals surface area (Å²) >= 11 is 0. The molecular formula is C20H25N5O3S. The predicted molar refractivity (Wildman–Crippen MR) is 113 cm³/mol. The Hall–Kier alpha value is -2.94. The maximum atomic E-state index is 12.7. The molecule has 0 fully saturated rings. The van der Waals surface area contributed by atoms with Crippen LogP contribution >= 0.6 is 0 Å². The smallest absolute Gasteiger partial charge is 0.235 e. The Balaban J connectivity index is 1.88. The van der Waals surface area contributed by atoms with Crippen LogP contribution in [0, 0.1) is 13.8 Å². The monoisotopic (exact) mass is 415 g/mol. The van der Waals surface area contributed by atoms with E-state index in [2.05, 4.69) is 20.4 Å². The van der Waals surface area contributed by atoms with Crippen molar-refractivity contribution in [2.24, 2.45) is 0 Å². The van der Waals surface area contributed by atoms with E-state index in [-0.39, 0.29) is 4.90 Å². The zero-order valence-corrected chi connectivity index (χ0v) is 18.2. The first kappa shape index (κ1) is 20.8. The van der Waals surface area contributed by atoms with Crippen LogP contribution in [-0.2, 0) is 9.84 Å². The van der Waals surface area contributed by atoms with Crippen LogP contribution in [0.1, 0.15) is 32.0 Å². The third-order valence-corrected chi connectivity index (χ3v) is 7.12. The van der Waals surface area contributed by atoms with Crippen molar-refractivity contribution in [1.82, 2.24) is 15.1 Å². The number of aromatic nitrogens is 3. The second-order valence-corrected chi connectivity index (χ2v) is 10.5. The summed E-state index contributed by atoms with van der Waals surface area (Å²) in [5.41, 5.74) is 2.33. The topological polar surface area (TPSA) is 101 Å². The molecule has 9 heteroatoms. The maximum absolute atomic E-state index is 12.7. The Morgan fingerprint density at radius 2 is 1.86 bits per heavy atom. The van der Waals surface area contributed by atoms with Crippen LogP contribution in [0.2, 0.25) is 0 Å². The molecule has 0 spiro atoms. The Morgan fingerprint density at radius 3 is 2.48 bits per heavy atom. The molecule has 0 aliphatic rings. The molecule has 3 rings (SSSR count). The van der Waals surface area contributed by atoms with Gasteiger partial charge in [0.15, 0.2) is 9.84 Å². The number of nitrogens with zero attached hydrogens (tertiary/aromatic N) is 4. The van der Waals surface area contributed by atoms with Gasteiger partial charge in [-0.05, 0) is 58.9 Å². The van der Waals surface area contributed by atoms with E-state index < -0.39 is 14.6 Å². The molecule has 2 aromatic heterocycles. The zero-order chi connectivity index (χ0) is 21.4. The van der Waals surface area contributed by atoms with Crippen LogP contribution in [0.4, 0.5) is 23.3 Å². The molecule has 0 atom stereocenters. The van der Waals surface area contributed by atoms with Crippen LogP contribution in [0.5, 0.6) is 0 Å². The number of aryl methyl sites for hydroxylation is 1. The van der Waals surface area contributed by atoms with Crippen LogP contribution < -0.4 is 10.2 Å². The van der Waals surface area contributed by atoms with E-state index >= 15 is 0 Å². The first-order valence-electron chi connectivity index (χ1n) is 9.12. The highest BCUT2D eigenvalue weighted by atomic mass is 32.2. The van der Waals surface area contributed by atoms with Gasteiger partial charge in [-0.2, -0.15) is 4.98 Å². The predicted octanol–water partition coefficient (Wildman–Crippen LogP) is 4.17. The standard InChI is InChI=1S/C20H25N5O3S/c1-13-14(2)24-28-18(13)25(6)17-10-11-21-19(23-17)22-15-8-7-9-16(12-15)29(26,27)20(3,4)5/h7-12H,1-6H3,(H,21,22,23). The van der Waals surface area contributed by atoms with Gasteiger partial charge >= 0.3 is 0 Å². The summed E-state index contributed by atoms with van der Waals surface area (Å²) in [4.78, 5) is 10.8. The van der Waals surface area contributed by atoms with Crippen molar-refractivity contribution < 1.29 is 12.9 Å². The van der Waals surface area contributed by atoms with Gasteiger partial charge in [0.1, 0.15) is 5.82 Å². The first-order chi connectivity index (χ1) is 13.5. The van der Waals surface area contributed by atoms with Gasteiger partial charge in [0.2, 0.25) is 11.8 Å². The SMILES string of the molecule is Cc1noc(N(C)c2ccnc(Nc3cccc(S(=O)(=O)C(C)(C)C)c3)n2)c1C. The lowest BCUT2D eigenvalue weighted by atomic mass is 10.3. The van der Waals surface area contributed by atoms with E-state index in [9.17, 15) is 8.42 Å². The van der Waals surface area contributed by atoms with Crippen LogP contribution in [0.15, 0.2) is 45.9 Å². The van der Waals surface area contributed by atoms with Gasteiger partial charge in [0.05, 0.1) is 15.3 Å². The van der Waals surface area contributed by atoms with Crippen LogP contribution in [-0.4, -0.2) is 35.3 Å². The van der Waals surface area contributed by atoms with Crippen molar-refractivity contribution in [3.05, 3.63) is 47.8 Å². The third-order valence-electron chi connectivity index (χ3n) is 4.63. The molecule has 154 valence electrons. The fraction of sp³-hybridized carbons (Fsp3) is 0.350. The molecule has 0 radical (unpaired) electrons. The van der Waals surface area contributed by atoms with E-state index in [0.29, 0.717) is 23.3 Å². The van der Waals surface area contributed by atoms with E-state index in [1.165, 1.54) is 0 Å². The highest BCUT2D eigenvalue weighted by Crippen LogP contribution is 2.29. The summed E-state index contributed by atoms with van der Waals surface area (Å²) in [5.74, 6) is 1.55. The maximum Gasteiger partial charge on any atom is 0.235 e. The molecule has 0 saturated heterocycles. The summed E-state index contributed by atoms with van der Waals surface area (Å²) < 4.78 is 29.9. The molecule has 0 saturated carbocycles. The number of hydrogen-bond acceptors (Lipinski definition) is 8. The van der Waals surface area contributed by atoms with E-state index in [0.717, 1.165) is 11.3 Å². The minimum absolute atomic E-state index is 0.246. The van der Waals surface area contributed by atoms with Gasteiger partial charge in [-0.3, -0.25) is 4.90 Å². The number of sulfone groups is 1. The molecule has 29 heavy (non-hydrogen) atoms. The van der Waals surface area contributed by atoms with Crippen molar-refractivity contribution in [2.45, 2.75) is 44.3 Å². The summed E-state index contributed by atoms with van der Waals surface area (Å²) in [6.07, 6.45) is 1.62. The van der Waals surface area contributed by atoms with E-state index in [1.54, 1.807) is 62.2 Å². The summed E-state index contributed by atoms with van der Waals surface area (Å²) in [6, 6.07) is 8.39. The normalized spacial score (nSPS) is 12.1. The summed E-state index contributed by atoms with van der Waals surface area (Å²) in [6.45, 7) is 8.84. The average molecular weight is 416 g/mol. The van der Waals surface area contributed by atoms with Crippen molar-refractivity contribution in [3.8, 4) is 0 Å². The van der Waals surface area contributed by atoms with E-state index in [4.69, 9.17) is 4.52 Å². The number of rotatable bonds is 5. The van der Waals surface area contributed by atoms with Gasteiger partial charge in [-0.1, -0.05) is 11.2 Å². The van der Waals surface area contributed by atoms with Crippen molar-refractivity contribution in [2.75, 3.05) is 17.3 Å². The Labute approximate surface area is 170 Å². The largest absolute Gasteiger partial charge is 0.338 e. The van der Waals surface area contributed by atoms with Crippen molar-refractivity contribution in [3.63, 3.8) is 0 Å². The molecule has 2 heterocycles. The first-order valence-corrected chi connectivity index (χ1v) is 10.6. The Kier molecular flexibility index (Phi) is 5.36. The fourth-order valence-corrected chi connectivity index (χ4v) is 3.89. The van der Waals surface area contributed by atoms with Crippen molar-refractivity contribution >= 4 is 33.2 Å². The molecule has 0 bridgehead atoms. The van der Waals surface area contributed by atoms with Gasteiger partial charge in [0.25, 0.3) is 0 Å². The van der Waals surface area contributed by atoms with Gasteiger partial charge in [-0.15, -0.1) is 0 Å². The second-order valence-electron chi connectivity index (χ2n) is 7.76. The quantitative estimate of drug-likeness (QED) is 0.663. The molecule has 0 unspecified atom stereocenters. The molecule has 0 amide bonds. The Bertz CT molecular complexity index is 1130. The summed E-state index contributed by atoms with van der Waals surface area (Å²) in [5, 5.41) is 7.05. The van der Waals surface area contributed by atoms with Gasteiger partial charge in [-0.25, -0.2) is 13.4 Å². The lowest BCUT2D eigenvalue weighted by molar-refractivity contribution is 0.420. The van der Waals surface area contributed by atoms with Crippen LogP contribution in [0.3, 0.4) is 0 Å². The molecule has 1 aromatic carbocycles. The van der Waals surface area contributed by atoms with Crippen LogP contribution in [0.25, 0.3) is 0 Å². The van der Waals surface area contributed by atoms with Crippen molar-refractivity contribution in [1.29, 1.82) is 0 Å². The second kappa shape index (κ2) is 7.47. The zero-order valence-electron chi connectivity index (χ0n) is 17.4. The minimum atomic E-state index is -3.46. The third kappa shape index (κ3) is 4.09. The lowest BCUT2D eigenvalue weighted by Gasteiger charge is -2.20. The van der Waals surface area contributed by atoms with E-state index in [1.807, 2.05) is 20.9 Å². The number of anilines is 4. The number of nitrogens with one attached hydrogen (secondary N) is 1. The lowest BCUT2D eigenvalue weighted by Crippen LogP contribution is -2.27. The molecular weight excluding hydrogens is 390 g/mol. The highest BCUT2D eigenvalue weighted by molar-refractivity contribution is 7.92. The highest BCUT2D eigenvalue weighted by Gasteiger charge is 2.30. The fourth-order valence-electron chi connectivity index (χ4n) is 2.64. The molecule has 3 aromatic rings. The minimum Gasteiger partial charge on any atom is -0.338 e. The van der Waals surface area contributed by atoms with Gasteiger partial charge in [0, 0.05) is 24.5 Å². The number of benzene rings is 1. The molecule has 8 nitrogen and oxygen atoms in total. The molecule has 1 N–H and O–H groups in total. The molecule has 0 aliphatic heterocycles. The molecule has 0 aliphatic carbocycles. The average Bonchev–Trinajstić information content (AvgIpc) is 2.99. The van der Waals surface area contributed by atoms with Gasteiger partial charge < -0.3 is 9.84 Å².